The van der Waals surface area contributed by atoms with Gasteiger partial charge in [0.25, 0.3) is 10.0 Å². The van der Waals surface area contributed by atoms with Crippen molar-refractivity contribution in [1.82, 2.24) is 19.8 Å². The first-order valence-electron chi connectivity index (χ1n) is 6.16. The summed E-state index contributed by atoms with van der Waals surface area (Å²) in [6.07, 6.45) is 1.53. The average Bonchev–Trinajstić information content (AvgIpc) is 3.08. The lowest BCUT2D eigenvalue weighted by atomic mass is 10.3. The Morgan fingerprint density at radius 2 is 2.30 bits per heavy atom. The second-order valence-electron chi connectivity index (χ2n) is 4.47. The molecule has 6 nitrogen and oxygen atoms in total. The van der Waals surface area contributed by atoms with Crippen LogP contribution in [0.3, 0.4) is 0 Å². The topological polar surface area (TPSA) is 78.1 Å². The van der Waals surface area contributed by atoms with Gasteiger partial charge in [-0.1, -0.05) is 6.07 Å². The first-order chi connectivity index (χ1) is 9.48. The van der Waals surface area contributed by atoms with E-state index < -0.39 is 10.0 Å². The summed E-state index contributed by atoms with van der Waals surface area (Å²) in [7, 11) is -0.240. The fraction of sp³-hybridized carbons (Fsp3) is 0.417. The summed E-state index contributed by atoms with van der Waals surface area (Å²) in [5, 5.41) is 11.5. The van der Waals surface area contributed by atoms with Gasteiger partial charge in [0.05, 0.1) is 12.2 Å². The lowest BCUT2D eigenvalue weighted by molar-refractivity contribution is 0.400. The van der Waals surface area contributed by atoms with Crippen molar-refractivity contribution < 1.29 is 8.42 Å². The van der Waals surface area contributed by atoms with Crippen LogP contribution in [0.1, 0.15) is 23.4 Å². The lowest BCUT2D eigenvalue weighted by Gasteiger charge is -2.23. The van der Waals surface area contributed by atoms with E-state index >= 15 is 0 Å². The van der Waals surface area contributed by atoms with Crippen LogP contribution in [0.25, 0.3) is 0 Å². The van der Waals surface area contributed by atoms with E-state index in [-0.39, 0.29) is 11.1 Å². The minimum atomic E-state index is -3.59. The number of hydrogen-bond donors (Lipinski definition) is 2. The van der Waals surface area contributed by atoms with Gasteiger partial charge in [0.1, 0.15) is 0 Å². The summed E-state index contributed by atoms with van der Waals surface area (Å²) in [5.74, 6) is 0. The highest BCUT2D eigenvalue weighted by molar-refractivity contribution is 7.89. The van der Waals surface area contributed by atoms with Crippen molar-refractivity contribution in [3.05, 3.63) is 34.2 Å². The third-order valence-electron chi connectivity index (χ3n) is 3.18. The second kappa shape index (κ2) is 6.04. The van der Waals surface area contributed by atoms with Crippen LogP contribution < -0.4 is 5.32 Å². The van der Waals surface area contributed by atoms with Gasteiger partial charge in [0.2, 0.25) is 0 Å². The quantitative estimate of drug-likeness (QED) is 0.848. The molecule has 0 bridgehead atoms. The molecule has 2 heterocycles. The van der Waals surface area contributed by atoms with Crippen molar-refractivity contribution in [2.24, 2.45) is 0 Å². The van der Waals surface area contributed by atoms with E-state index in [1.807, 2.05) is 24.4 Å². The average molecular weight is 314 g/mol. The molecule has 0 saturated carbocycles. The summed E-state index contributed by atoms with van der Waals surface area (Å²) in [6, 6.07) is 3.63. The molecule has 1 unspecified atom stereocenters. The van der Waals surface area contributed by atoms with Crippen molar-refractivity contribution in [3.8, 4) is 0 Å². The number of hydrogen-bond acceptors (Lipinski definition) is 5. The van der Waals surface area contributed by atoms with E-state index in [0.717, 1.165) is 4.88 Å². The molecule has 0 amide bonds. The van der Waals surface area contributed by atoms with Crippen molar-refractivity contribution in [2.75, 3.05) is 14.1 Å². The lowest BCUT2D eigenvalue weighted by Crippen LogP contribution is -2.30. The number of aromatic amines is 1. The zero-order valence-corrected chi connectivity index (χ0v) is 13.3. The predicted octanol–water partition coefficient (Wildman–Crippen LogP) is 1.57. The molecule has 0 fully saturated rings. The highest BCUT2D eigenvalue weighted by Gasteiger charge is 2.30. The normalized spacial score (nSPS) is 13.8. The van der Waals surface area contributed by atoms with Crippen molar-refractivity contribution in [2.45, 2.75) is 24.5 Å². The molecule has 0 aromatic carbocycles. The summed E-state index contributed by atoms with van der Waals surface area (Å²) in [5.41, 5.74) is 0.637. The van der Waals surface area contributed by atoms with Crippen LogP contribution in [-0.2, 0) is 16.6 Å². The molecule has 2 aromatic rings. The Morgan fingerprint density at radius 3 is 2.90 bits per heavy atom. The van der Waals surface area contributed by atoms with E-state index in [0.29, 0.717) is 12.1 Å². The molecule has 8 heteroatoms. The fourth-order valence-electron chi connectivity index (χ4n) is 1.90. The van der Waals surface area contributed by atoms with Gasteiger partial charge in [0.15, 0.2) is 5.03 Å². The third-order valence-corrected chi connectivity index (χ3v) is 6.17. The number of nitrogens with one attached hydrogen (secondary N) is 2. The first kappa shape index (κ1) is 15.2. The molecular formula is C12H18N4O2S2. The Hall–Kier alpha value is -1.22. The van der Waals surface area contributed by atoms with E-state index in [1.54, 1.807) is 25.4 Å². The summed E-state index contributed by atoms with van der Waals surface area (Å²) in [6.45, 7) is 2.32. The highest BCUT2D eigenvalue weighted by atomic mass is 32.2. The van der Waals surface area contributed by atoms with Crippen molar-refractivity contribution in [1.29, 1.82) is 0 Å². The van der Waals surface area contributed by atoms with Gasteiger partial charge in [-0.15, -0.1) is 11.3 Å². The second-order valence-corrected chi connectivity index (χ2v) is 7.38. The summed E-state index contributed by atoms with van der Waals surface area (Å²) >= 11 is 1.54. The van der Waals surface area contributed by atoms with Gasteiger partial charge >= 0.3 is 0 Å². The molecule has 0 saturated heterocycles. The number of nitrogens with zero attached hydrogens (tertiary/aromatic N) is 2. The maximum atomic E-state index is 12.7. The standard InChI is InChI=1S/C12H18N4O2S2/c1-9(11-5-4-6-19-11)16(3)20(17,18)12-10(7-13-2)8-14-15-12/h4-6,8-9,13H,7H2,1-3H3,(H,14,15). The third kappa shape index (κ3) is 2.78. The molecule has 2 aromatic heterocycles. The summed E-state index contributed by atoms with van der Waals surface area (Å²) < 4.78 is 26.7. The Bertz CT molecular complexity index is 649. The van der Waals surface area contributed by atoms with Gasteiger partial charge in [-0.05, 0) is 25.4 Å². The first-order valence-corrected chi connectivity index (χ1v) is 8.48. The Morgan fingerprint density at radius 1 is 1.55 bits per heavy atom. The van der Waals surface area contributed by atoms with Crippen LogP contribution in [0, 0.1) is 0 Å². The van der Waals surface area contributed by atoms with Crippen LogP contribution in [0.4, 0.5) is 0 Å². The highest BCUT2D eigenvalue weighted by Crippen LogP contribution is 2.28. The minimum absolute atomic E-state index is 0.151. The zero-order chi connectivity index (χ0) is 14.8. The van der Waals surface area contributed by atoms with Crippen LogP contribution >= 0.6 is 11.3 Å². The van der Waals surface area contributed by atoms with Gasteiger partial charge in [-0.2, -0.15) is 9.40 Å². The number of rotatable bonds is 6. The monoisotopic (exact) mass is 314 g/mol. The minimum Gasteiger partial charge on any atom is -0.316 e. The molecule has 0 spiro atoms. The number of H-pyrrole nitrogens is 1. The van der Waals surface area contributed by atoms with Gasteiger partial charge < -0.3 is 5.32 Å². The molecule has 110 valence electrons. The maximum Gasteiger partial charge on any atom is 0.260 e. The summed E-state index contributed by atoms with van der Waals surface area (Å²) in [4.78, 5) is 1.01. The molecule has 0 aliphatic carbocycles. The Labute approximate surface area is 122 Å². The van der Waals surface area contributed by atoms with Crippen LogP contribution in [0.5, 0.6) is 0 Å². The molecular weight excluding hydrogens is 296 g/mol. The van der Waals surface area contributed by atoms with E-state index in [4.69, 9.17) is 0 Å². The van der Waals surface area contributed by atoms with Gasteiger partial charge in [0, 0.05) is 24.0 Å². The number of thiophene rings is 1. The largest absolute Gasteiger partial charge is 0.316 e. The fourth-order valence-corrected chi connectivity index (χ4v) is 4.23. The predicted molar refractivity (Wildman–Crippen MR) is 79.0 cm³/mol. The van der Waals surface area contributed by atoms with Crippen LogP contribution in [-0.4, -0.2) is 37.0 Å². The van der Waals surface area contributed by atoms with Crippen LogP contribution in [0.15, 0.2) is 28.7 Å². The molecule has 20 heavy (non-hydrogen) atoms. The molecule has 1 atom stereocenters. The number of sulfonamides is 1. The molecule has 0 aliphatic rings. The van der Waals surface area contributed by atoms with Crippen molar-refractivity contribution in [3.63, 3.8) is 0 Å². The SMILES string of the molecule is CNCc1cn[nH]c1S(=O)(=O)N(C)C(C)c1cccs1. The Balaban J connectivity index is 2.32. The van der Waals surface area contributed by atoms with E-state index in [2.05, 4.69) is 15.5 Å². The molecule has 2 rings (SSSR count). The molecule has 0 radical (unpaired) electrons. The van der Waals surface area contributed by atoms with Gasteiger partial charge in [-0.25, -0.2) is 8.42 Å². The van der Waals surface area contributed by atoms with Crippen LogP contribution in [0.2, 0.25) is 0 Å². The molecule has 2 N–H and O–H groups in total. The van der Waals surface area contributed by atoms with Gasteiger partial charge in [-0.3, -0.25) is 5.10 Å². The smallest absolute Gasteiger partial charge is 0.260 e. The zero-order valence-electron chi connectivity index (χ0n) is 11.6. The number of aromatic nitrogens is 2. The van der Waals surface area contributed by atoms with E-state index in [9.17, 15) is 8.42 Å². The Kier molecular flexibility index (Phi) is 4.59. The van der Waals surface area contributed by atoms with Crippen molar-refractivity contribution >= 4 is 21.4 Å². The van der Waals surface area contributed by atoms with E-state index in [1.165, 1.54) is 10.5 Å². The molecule has 0 aliphatic heterocycles. The maximum absolute atomic E-state index is 12.7.